The second-order valence-corrected chi connectivity index (χ2v) is 5.03. The molecule has 98 valence electrons. The molecular weight excluding hydrogens is 242 g/mol. The Balaban J connectivity index is 2.19. The lowest BCUT2D eigenvalue weighted by molar-refractivity contribution is -0.119. The quantitative estimate of drug-likeness (QED) is 0.730. The molecule has 0 bridgehead atoms. The van der Waals surface area contributed by atoms with Gasteiger partial charge in [0.1, 0.15) is 11.5 Å². The topological polar surface area (TPSA) is 69.6 Å². The highest BCUT2D eigenvalue weighted by Gasteiger charge is 2.25. The Kier molecular flexibility index (Phi) is 2.59. The van der Waals surface area contributed by atoms with Gasteiger partial charge < -0.3 is 15.5 Å². The summed E-state index contributed by atoms with van der Waals surface area (Å²) in [5, 5.41) is 24.8. The average Bonchev–Trinajstić information content (AvgIpc) is 2.36. The predicted molar refractivity (Wildman–Crippen MR) is 72.3 cm³/mol. The number of carbonyl (C=O) groups excluding carboxylic acids is 1. The monoisotopic (exact) mass is 257 g/mol. The molecule has 0 aromatic heterocycles. The first-order chi connectivity index (χ1) is 9.06. The fourth-order valence-electron chi connectivity index (χ4n) is 2.92. The molecule has 0 radical (unpaired) electrons. The van der Waals surface area contributed by atoms with Crippen molar-refractivity contribution in [2.24, 2.45) is 0 Å². The third kappa shape index (κ3) is 1.89. The molecule has 1 aliphatic rings. The maximum absolute atomic E-state index is 11.2. The maximum atomic E-state index is 11.2. The molecule has 1 aliphatic carbocycles. The lowest BCUT2D eigenvalue weighted by Gasteiger charge is -2.26. The van der Waals surface area contributed by atoms with Crippen LogP contribution < -0.4 is 5.32 Å². The number of aromatic hydroxyl groups is 2. The predicted octanol–water partition coefficient (Wildman–Crippen LogP) is 1.85. The van der Waals surface area contributed by atoms with Crippen molar-refractivity contribution in [3.63, 3.8) is 0 Å². The smallest absolute Gasteiger partial charge is 0.217 e. The SMILES string of the molecule is CC(=O)NC1Cc2c(O)ccc3ccc(O)c(c23)C1. The van der Waals surface area contributed by atoms with E-state index in [0.717, 1.165) is 21.9 Å². The van der Waals surface area contributed by atoms with Gasteiger partial charge in [0, 0.05) is 24.1 Å². The Bertz CT molecular complexity index is 632. The third-order valence-electron chi connectivity index (χ3n) is 3.66. The van der Waals surface area contributed by atoms with Gasteiger partial charge in [0.15, 0.2) is 0 Å². The van der Waals surface area contributed by atoms with Crippen LogP contribution in [-0.4, -0.2) is 22.2 Å². The van der Waals surface area contributed by atoms with Crippen LogP contribution in [0.4, 0.5) is 0 Å². The molecule has 0 atom stereocenters. The summed E-state index contributed by atoms with van der Waals surface area (Å²) >= 11 is 0. The van der Waals surface area contributed by atoms with Crippen molar-refractivity contribution >= 4 is 16.7 Å². The standard InChI is InChI=1S/C15H15NO3/c1-8(17)16-10-6-11-13(18)4-2-9-3-5-14(19)12(7-10)15(9)11/h2-5,10,18-19H,6-7H2,1H3,(H,16,17). The summed E-state index contributed by atoms with van der Waals surface area (Å²) in [7, 11) is 0. The van der Waals surface area contributed by atoms with Crippen LogP contribution in [0.1, 0.15) is 18.1 Å². The lowest BCUT2D eigenvalue weighted by Crippen LogP contribution is -2.38. The number of phenols is 2. The first-order valence-electron chi connectivity index (χ1n) is 6.28. The van der Waals surface area contributed by atoms with Gasteiger partial charge in [-0.05, 0) is 35.7 Å². The third-order valence-corrected chi connectivity index (χ3v) is 3.66. The molecule has 0 fully saturated rings. The number of carbonyl (C=O) groups is 1. The number of amides is 1. The van der Waals surface area contributed by atoms with Gasteiger partial charge in [-0.25, -0.2) is 0 Å². The van der Waals surface area contributed by atoms with Crippen LogP contribution in [0.15, 0.2) is 24.3 Å². The Hall–Kier alpha value is -2.23. The molecule has 19 heavy (non-hydrogen) atoms. The Morgan fingerprint density at radius 1 is 1.11 bits per heavy atom. The highest BCUT2D eigenvalue weighted by atomic mass is 16.3. The molecule has 4 nitrogen and oxygen atoms in total. The van der Waals surface area contributed by atoms with Crippen molar-refractivity contribution < 1.29 is 15.0 Å². The van der Waals surface area contributed by atoms with Gasteiger partial charge in [-0.2, -0.15) is 0 Å². The summed E-state index contributed by atoms with van der Waals surface area (Å²) in [4.78, 5) is 11.2. The molecule has 2 aromatic carbocycles. The minimum atomic E-state index is -0.101. The van der Waals surface area contributed by atoms with Crippen LogP contribution >= 0.6 is 0 Å². The minimum absolute atomic E-state index is 0.0881. The van der Waals surface area contributed by atoms with Crippen molar-refractivity contribution in [2.45, 2.75) is 25.8 Å². The zero-order chi connectivity index (χ0) is 13.6. The highest BCUT2D eigenvalue weighted by Crippen LogP contribution is 2.39. The number of rotatable bonds is 1. The summed E-state index contributed by atoms with van der Waals surface area (Å²) in [6.45, 7) is 1.47. The van der Waals surface area contributed by atoms with E-state index in [2.05, 4.69) is 5.32 Å². The van der Waals surface area contributed by atoms with Gasteiger partial charge in [-0.15, -0.1) is 0 Å². The molecular formula is C15H15NO3. The summed E-state index contributed by atoms with van der Waals surface area (Å²) < 4.78 is 0. The van der Waals surface area contributed by atoms with Crippen molar-refractivity contribution in [1.29, 1.82) is 0 Å². The zero-order valence-corrected chi connectivity index (χ0v) is 10.6. The number of benzene rings is 2. The number of nitrogens with one attached hydrogen (secondary N) is 1. The van der Waals surface area contributed by atoms with Gasteiger partial charge in [0.05, 0.1) is 0 Å². The zero-order valence-electron chi connectivity index (χ0n) is 10.6. The van der Waals surface area contributed by atoms with E-state index in [0.29, 0.717) is 12.8 Å². The van der Waals surface area contributed by atoms with Gasteiger partial charge in [-0.3, -0.25) is 4.79 Å². The second-order valence-electron chi connectivity index (χ2n) is 5.03. The van der Waals surface area contributed by atoms with Gasteiger partial charge in [0.25, 0.3) is 0 Å². The maximum Gasteiger partial charge on any atom is 0.217 e. The van der Waals surface area contributed by atoms with Gasteiger partial charge in [-0.1, -0.05) is 12.1 Å². The van der Waals surface area contributed by atoms with E-state index in [9.17, 15) is 15.0 Å². The fraction of sp³-hybridized carbons (Fsp3) is 0.267. The lowest BCUT2D eigenvalue weighted by atomic mass is 9.84. The molecule has 3 N–H and O–H groups in total. The molecule has 3 rings (SSSR count). The largest absolute Gasteiger partial charge is 0.508 e. The van der Waals surface area contributed by atoms with E-state index in [1.807, 2.05) is 12.1 Å². The van der Waals surface area contributed by atoms with Crippen LogP contribution in [0.25, 0.3) is 10.8 Å². The normalized spacial score (nSPS) is 14.6. The first kappa shape index (κ1) is 11.8. The number of hydrogen-bond donors (Lipinski definition) is 3. The first-order valence-corrected chi connectivity index (χ1v) is 6.28. The van der Waals surface area contributed by atoms with E-state index in [4.69, 9.17) is 0 Å². The average molecular weight is 257 g/mol. The molecule has 2 aromatic rings. The van der Waals surface area contributed by atoms with Crippen LogP contribution in [0.5, 0.6) is 11.5 Å². The van der Waals surface area contributed by atoms with E-state index in [-0.39, 0.29) is 23.4 Å². The van der Waals surface area contributed by atoms with Gasteiger partial charge in [0.2, 0.25) is 5.91 Å². The molecule has 0 saturated heterocycles. The summed E-state index contributed by atoms with van der Waals surface area (Å²) in [6.07, 6.45) is 1.17. The van der Waals surface area contributed by atoms with Crippen molar-refractivity contribution in [1.82, 2.24) is 5.32 Å². The molecule has 1 amide bonds. The van der Waals surface area contributed by atoms with Crippen LogP contribution in [0, 0.1) is 0 Å². The van der Waals surface area contributed by atoms with E-state index in [1.54, 1.807) is 12.1 Å². The Labute approximate surface area is 110 Å². The highest BCUT2D eigenvalue weighted by molar-refractivity contribution is 5.93. The Morgan fingerprint density at radius 3 is 2.11 bits per heavy atom. The molecule has 0 unspecified atom stereocenters. The summed E-state index contributed by atoms with van der Waals surface area (Å²) in [6, 6.07) is 6.92. The van der Waals surface area contributed by atoms with E-state index < -0.39 is 0 Å². The molecule has 0 saturated carbocycles. The van der Waals surface area contributed by atoms with E-state index >= 15 is 0 Å². The number of phenolic OH excluding ortho intramolecular Hbond substituents is 2. The molecule has 0 spiro atoms. The summed E-state index contributed by atoms with van der Waals surface area (Å²) in [5.74, 6) is 0.333. The van der Waals surface area contributed by atoms with E-state index in [1.165, 1.54) is 6.92 Å². The minimum Gasteiger partial charge on any atom is -0.508 e. The Morgan fingerprint density at radius 2 is 1.63 bits per heavy atom. The second kappa shape index (κ2) is 4.16. The summed E-state index contributed by atoms with van der Waals surface area (Å²) in [5.41, 5.74) is 1.60. The van der Waals surface area contributed by atoms with Crippen molar-refractivity contribution in [2.75, 3.05) is 0 Å². The van der Waals surface area contributed by atoms with Crippen LogP contribution in [0.3, 0.4) is 0 Å². The van der Waals surface area contributed by atoms with Crippen molar-refractivity contribution in [3.8, 4) is 11.5 Å². The molecule has 0 aliphatic heterocycles. The fourth-order valence-corrected chi connectivity index (χ4v) is 2.92. The van der Waals surface area contributed by atoms with Gasteiger partial charge >= 0.3 is 0 Å². The molecule has 4 heteroatoms. The van der Waals surface area contributed by atoms with Crippen molar-refractivity contribution in [3.05, 3.63) is 35.4 Å². The van der Waals surface area contributed by atoms with Crippen LogP contribution in [0.2, 0.25) is 0 Å². The molecule has 0 heterocycles. The number of hydrogen-bond acceptors (Lipinski definition) is 3. The van der Waals surface area contributed by atoms with Crippen LogP contribution in [-0.2, 0) is 17.6 Å².